The highest BCUT2D eigenvalue weighted by molar-refractivity contribution is 5.76. The van der Waals surface area contributed by atoms with Crippen molar-refractivity contribution in [1.29, 1.82) is 0 Å². The summed E-state index contributed by atoms with van der Waals surface area (Å²) in [5.41, 5.74) is 0.343. The van der Waals surface area contributed by atoms with Crippen LogP contribution in [0.3, 0.4) is 0 Å². The van der Waals surface area contributed by atoms with Crippen LogP contribution in [0.25, 0.3) is 0 Å². The number of amides is 1. The minimum atomic E-state index is 0.207. The molecule has 0 spiro atoms. The van der Waals surface area contributed by atoms with Gasteiger partial charge in [-0.1, -0.05) is 0 Å². The van der Waals surface area contributed by atoms with Gasteiger partial charge in [-0.25, -0.2) is 0 Å². The molecular weight excluding hydrogens is 268 g/mol. The van der Waals surface area contributed by atoms with E-state index in [9.17, 15) is 4.79 Å². The van der Waals surface area contributed by atoms with Crippen molar-refractivity contribution in [3.8, 4) is 0 Å². The fourth-order valence-corrected chi connectivity index (χ4v) is 3.39. The second-order valence-corrected chi connectivity index (χ2v) is 6.95. The zero-order chi connectivity index (χ0) is 14.5. The van der Waals surface area contributed by atoms with Crippen LogP contribution >= 0.6 is 0 Å². The molecule has 120 valence electrons. The van der Waals surface area contributed by atoms with Crippen molar-refractivity contribution in [1.82, 2.24) is 10.2 Å². The van der Waals surface area contributed by atoms with Crippen molar-refractivity contribution in [3.05, 3.63) is 0 Å². The van der Waals surface area contributed by atoms with Gasteiger partial charge in [0.25, 0.3) is 0 Å². The molecular formula is C16H28N2O3. The monoisotopic (exact) mass is 296 g/mol. The Hall–Kier alpha value is -0.650. The van der Waals surface area contributed by atoms with Crippen molar-refractivity contribution in [3.63, 3.8) is 0 Å². The number of carbonyl (C=O) groups excluding carboxylic acids is 1. The lowest BCUT2D eigenvalue weighted by Crippen LogP contribution is -2.43. The molecule has 1 saturated carbocycles. The largest absolute Gasteiger partial charge is 0.381 e. The van der Waals surface area contributed by atoms with Gasteiger partial charge < -0.3 is 14.8 Å². The van der Waals surface area contributed by atoms with Gasteiger partial charge in [-0.3, -0.25) is 9.69 Å². The zero-order valence-corrected chi connectivity index (χ0v) is 12.9. The summed E-state index contributed by atoms with van der Waals surface area (Å²) in [5, 5.41) is 3.17. The Bertz CT molecular complexity index is 345. The van der Waals surface area contributed by atoms with Gasteiger partial charge in [0.15, 0.2) is 0 Å². The molecule has 0 aromatic heterocycles. The number of nitrogens with zero attached hydrogens (tertiary/aromatic N) is 1. The van der Waals surface area contributed by atoms with Gasteiger partial charge in [-0.15, -0.1) is 0 Å². The highest BCUT2D eigenvalue weighted by Crippen LogP contribution is 2.45. The third-order valence-electron chi connectivity index (χ3n) is 5.01. The van der Waals surface area contributed by atoms with E-state index in [2.05, 4.69) is 10.2 Å². The van der Waals surface area contributed by atoms with E-state index in [0.717, 1.165) is 65.4 Å². The lowest BCUT2D eigenvalue weighted by molar-refractivity contribution is -0.123. The second kappa shape index (κ2) is 7.07. The molecule has 5 nitrogen and oxygen atoms in total. The average molecular weight is 296 g/mol. The first kappa shape index (κ1) is 15.3. The van der Waals surface area contributed by atoms with E-state index in [0.29, 0.717) is 17.8 Å². The molecule has 0 unspecified atom stereocenters. The zero-order valence-electron chi connectivity index (χ0n) is 12.9. The summed E-state index contributed by atoms with van der Waals surface area (Å²) in [5.74, 6) is 0.631. The molecule has 2 aliphatic heterocycles. The summed E-state index contributed by atoms with van der Waals surface area (Å²) < 4.78 is 10.8. The van der Waals surface area contributed by atoms with Gasteiger partial charge in [0.2, 0.25) is 5.91 Å². The maximum atomic E-state index is 12.1. The fourth-order valence-electron chi connectivity index (χ4n) is 3.39. The predicted octanol–water partition coefficient (Wildman–Crippen LogP) is 1.03. The van der Waals surface area contributed by atoms with E-state index in [1.807, 2.05) is 0 Å². The molecule has 1 N–H and O–H groups in total. The topological polar surface area (TPSA) is 50.8 Å². The van der Waals surface area contributed by atoms with Gasteiger partial charge in [0.05, 0.1) is 13.2 Å². The van der Waals surface area contributed by atoms with E-state index < -0.39 is 0 Å². The maximum absolute atomic E-state index is 12.1. The third-order valence-corrected chi connectivity index (χ3v) is 5.01. The van der Waals surface area contributed by atoms with Gasteiger partial charge in [0.1, 0.15) is 0 Å². The maximum Gasteiger partial charge on any atom is 0.220 e. The summed E-state index contributed by atoms with van der Waals surface area (Å²) in [6.45, 7) is 7.35. The quantitative estimate of drug-likeness (QED) is 0.795. The molecule has 21 heavy (non-hydrogen) atoms. The number of ether oxygens (including phenoxy) is 2. The summed E-state index contributed by atoms with van der Waals surface area (Å²) >= 11 is 0. The molecule has 5 heteroatoms. The van der Waals surface area contributed by atoms with Crippen LogP contribution in [-0.2, 0) is 14.3 Å². The van der Waals surface area contributed by atoms with Crippen LogP contribution in [-0.4, -0.2) is 63.4 Å². The van der Waals surface area contributed by atoms with E-state index in [4.69, 9.17) is 9.47 Å². The summed E-state index contributed by atoms with van der Waals surface area (Å²) in [6.07, 6.45) is 5.35. The van der Waals surface area contributed by atoms with Crippen LogP contribution in [0.5, 0.6) is 0 Å². The van der Waals surface area contributed by atoms with Crippen molar-refractivity contribution < 1.29 is 14.3 Å². The molecule has 1 amide bonds. The van der Waals surface area contributed by atoms with Crippen LogP contribution < -0.4 is 5.32 Å². The number of rotatable bonds is 6. The van der Waals surface area contributed by atoms with Crippen LogP contribution in [0.4, 0.5) is 0 Å². The fraction of sp³-hybridized carbons (Fsp3) is 0.938. The first-order valence-electron chi connectivity index (χ1n) is 8.40. The number of nitrogens with one attached hydrogen (secondary N) is 1. The lowest BCUT2D eigenvalue weighted by atomic mass is 9.98. The van der Waals surface area contributed by atoms with E-state index in [1.54, 1.807) is 0 Å². The minimum absolute atomic E-state index is 0.207. The number of hydrogen-bond donors (Lipinski definition) is 1. The van der Waals surface area contributed by atoms with E-state index in [-0.39, 0.29) is 5.91 Å². The summed E-state index contributed by atoms with van der Waals surface area (Å²) in [6, 6.07) is 0. The predicted molar refractivity (Wildman–Crippen MR) is 80.1 cm³/mol. The van der Waals surface area contributed by atoms with Gasteiger partial charge in [-0.05, 0) is 31.6 Å². The summed E-state index contributed by atoms with van der Waals surface area (Å²) in [7, 11) is 0. The van der Waals surface area contributed by atoms with Crippen molar-refractivity contribution in [2.75, 3.05) is 52.6 Å². The molecule has 1 aliphatic carbocycles. The molecule has 0 radical (unpaired) electrons. The standard InChI is InChI=1S/C16H28N2O3/c19-15(10-14-2-1-7-21-11-14)17-12-16(3-4-16)13-18-5-8-20-9-6-18/h14H,1-13H2,(H,17,19)/t14-/m0/s1. The molecule has 0 aromatic carbocycles. The number of morpholine rings is 1. The van der Waals surface area contributed by atoms with Gasteiger partial charge >= 0.3 is 0 Å². The van der Waals surface area contributed by atoms with Gasteiger partial charge in [0, 0.05) is 51.2 Å². The second-order valence-electron chi connectivity index (χ2n) is 6.95. The molecule has 3 rings (SSSR count). The molecule has 0 bridgehead atoms. The Labute approximate surface area is 127 Å². The van der Waals surface area contributed by atoms with Crippen molar-refractivity contribution >= 4 is 5.91 Å². The van der Waals surface area contributed by atoms with E-state index >= 15 is 0 Å². The van der Waals surface area contributed by atoms with Crippen LogP contribution in [0.2, 0.25) is 0 Å². The molecule has 3 aliphatic rings. The third kappa shape index (κ3) is 4.66. The molecule has 1 atom stereocenters. The highest BCUT2D eigenvalue weighted by atomic mass is 16.5. The number of carbonyl (C=O) groups is 1. The van der Waals surface area contributed by atoms with E-state index in [1.165, 1.54) is 12.8 Å². The van der Waals surface area contributed by atoms with Crippen LogP contribution in [0.1, 0.15) is 32.1 Å². The Kier molecular flexibility index (Phi) is 5.14. The first-order chi connectivity index (χ1) is 10.3. The van der Waals surface area contributed by atoms with Crippen molar-refractivity contribution in [2.24, 2.45) is 11.3 Å². The molecule has 2 heterocycles. The lowest BCUT2D eigenvalue weighted by Gasteiger charge is -2.30. The Morgan fingerprint density at radius 3 is 2.67 bits per heavy atom. The Morgan fingerprint density at radius 2 is 2.00 bits per heavy atom. The normalized spacial score (nSPS) is 29.0. The molecule has 3 fully saturated rings. The Morgan fingerprint density at radius 1 is 1.19 bits per heavy atom. The first-order valence-corrected chi connectivity index (χ1v) is 8.40. The SMILES string of the molecule is O=C(C[C@@H]1CCCOC1)NCC1(CN2CCOCC2)CC1. The number of hydrogen-bond acceptors (Lipinski definition) is 4. The average Bonchev–Trinajstić information content (AvgIpc) is 3.27. The van der Waals surface area contributed by atoms with Crippen molar-refractivity contribution in [2.45, 2.75) is 32.1 Å². The molecule has 0 aromatic rings. The van der Waals surface area contributed by atoms with Crippen LogP contribution in [0.15, 0.2) is 0 Å². The highest BCUT2D eigenvalue weighted by Gasteiger charge is 2.44. The minimum Gasteiger partial charge on any atom is -0.381 e. The summed E-state index contributed by atoms with van der Waals surface area (Å²) in [4.78, 5) is 14.6. The molecule has 2 saturated heterocycles. The smallest absolute Gasteiger partial charge is 0.220 e. The van der Waals surface area contributed by atoms with Gasteiger partial charge in [-0.2, -0.15) is 0 Å². The Balaban J connectivity index is 1.36. The van der Waals surface area contributed by atoms with Crippen LogP contribution in [0, 0.1) is 11.3 Å².